The number of hydrogen-bond donors (Lipinski definition) is 0. The first-order valence-electron chi connectivity index (χ1n) is 8.05. The fourth-order valence-corrected chi connectivity index (χ4v) is 2.77. The lowest BCUT2D eigenvalue weighted by Crippen LogP contribution is -2.38. The van der Waals surface area contributed by atoms with E-state index in [0.29, 0.717) is 6.61 Å². The highest BCUT2D eigenvalue weighted by Gasteiger charge is 2.16. The molecular weight excluding hydrogens is 293 g/mol. The summed E-state index contributed by atoms with van der Waals surface area (Å²) < 4.78 is 24.7. The number of nitrogens with zero attached hydrogens (tertiary/aromatic N) is 1. The van der Waals surface area contributed by atoms with Crippen LogP contribution in [-0.2, 0) is 9.47 Å². The number of benzene rings is 2. The first-order chi connectivity index (χ1) is 11.3. The first kappa shape index (κ1) is 16.1. The Labute approximate surface area is 136 Å². The topological polar surface area (TPSA) is 21.7 Å². The largest absolute Gasteiger partial charge is 0.379 e. The Morgan fingerprint density at radius 3 is 2.30 bits per heavy atom. The van der Waals surface area contributed by atoms with E-state index >= 15 is 0 Å². The number of ether oxygens (including phenoxy) is 2. The van der Waals surface area contributed by atoms with Gasteiger partial charge in [-0.15, -0.1) is 0 Å². The molecule has 3 nitrogen and oxygen atoms in total. The van der Waals surface area contributed by atoms with Crippen LogP contribution in [0.2, 0.25) is 0 Å². The average molecular weight is 315 g/mol. The SMILES string of the molecule is Fc1ccc(C(OCCN2CCOCC2)c2ccccc2)cc1. The summed E-state index contributed by atoms with van der Waals surface area (Å²) in [6, 6.07) is 16.6. The van der Waals surface area contributed by atoms with Crippen LogP contribution in [0.15, 0.2) is 54.6 Å². The zero-order chi connectivity index (χ0) is 15.9. The van der Waals surface area contributed by atoms with Gasteiger partial charge in [-0.2, -0.15) is 0 Å². The van der Waals surface area contributed by atoms with Crippen LogP contribution in [0.25, 0.3) is 0 Å². The Kier molecular flexibility index (Phi) is 5.75. The molecule has 0 aliphatic carbocycles. The number of rotatable bonds is 6. The van der Waals surface area contributed by atoms with Gasteiger partial charge in [0.15, 0.2) is 0 Å². The van der Waals surface area contributed by atoms with E-state index in [1.54, 1.807) is 12.1 Å². The molecule has 3 rings (SSSR count). The molecule has 0 bridgehead atoms. The van der Waals surface area contributed by atoms with Gasteiger partial charge in [0.25, 0.3) is 0 Å². The molecule has 122 valence electrons. The maximum atomic E-state index is 13.2. The number of hydrogen-bond acceptors (Lipinski definition) is 3. The van der Waals surface area contributed by atoms with E-state index in [9.17, 15) is 4.39 Å². The van der Waals surface area contributed by atoms with Crippen molar-refractivity contribution in [3.8, 4) is 0 Å². The minimum absolute atomic E-state index is 0.169. The quantitative estimate of drug-likeness (QED) is 0.817. The van der Waals surface area contributed by atoms with E-state index < -0.39 is 0 Å². The van der Waals surface area contributed by atoms with Gasteiger partial charge in [0.1, 0.15) is 11.9 Å². The molecule has 1 atom stereocenters. The lowest BCUT2D eigenvalue weighted by atomic mass is 10.0. The Morgan fingerprint density at radius 1 is 0.957 bits per heavy atom. The summed E-state index contributed by atoms with van der Waals surface area (Å²) in [5.74, 6) is -0.228. The molecule has 0 spiro atoms. The van der Waals surface area contributed by atoms with Gasteiger partial charge in [0, 0.05) is 19.6 Å². The summed E-state index contributed by atoms with van der Waals surface area (Å²) in [5, 5.41) is 0. The monoisotopic (exact) mass is 315 g/mol. The first-order valence-corrected chi connectivity index (χ1v) is 8.05. The zero-order valence-corrected chi connectivity index (χ0v) is 13.2. The minimum Gasteiger partial charge on any atom is -0.379 e. The van der Waals surface area contributed by atoms with Crippen molar-refractivity contribution in [3.63, 3.8) is 0 Å². The molecule has 4 heteroatoms. The van der Waals surface area contributed by atoms with Crippen LogP contribution in [0.1, 0.15) is 17.2 Å². The second-order valence-electron chi connectivity index (χ2n) is 5.67. The fraction of sp³-hybridized carbons (Fsp3) is 0.368. The third-order valence-corrected chi connectivity index (χ3v) is 4.07. The van der Waals surface area contributed by atoms with Crippen molar-refractivity contribution in [2.24, 2.45) is 0 Å². The molecule has 1 saturated heterocycles. The second kappa shape index (κ2) is 8.20. The van der Waals surface area contributed by atoms with E-state index in [-0.39, 0.29) is 11.9 Å². The third kappa shape index (κ3) is 4.61. The highest BCUT2D eigenvalue weighted by atomic mass is 19.1. The van der Waals surface area contributed by atoms with Crippen molar-refractivity contribution in [2.45, 2.75) is 6.10 Å². The molecule has 0 radical (unpaired) electrons. The Bertz CT molecular complexity index is 582. The zero-order valence-electron chi connectivity index (χ0n) is 13.2. The Morgan fingerprint density at radius 2 is 1.61 bits per heavy atom. The molecular formula is C19H22FNO2. The lowest BCUT2D eigenvalue weighted by molar-refractivity contribution is 0.00967. The van der Waals surface area contributed by atoms with Crippen LogP contribution in [0.3, 0.4) is 0 Å². The predicted octanol–water partition coefficient (Wildman–Crippen LogP) is 3.26. The second-order valence-corrected chi connectivity index (χ2v) is 5.67. The molecule has 1 fully saturated rings. The molecule has 0 aromatic heterocycles. The summed E-state index contributed by atoms with van der Waals surface area (Å²) in [6.45, 7) is 5.01. The molecule has 0 amide bonds. The Hall–Kier alpha value is -1.75. The van der Waals surface area contributed by atoms with Crippen LogP contribution in [0, 0.1) is 5.82 Å². The molecule has 1 aliphatic heterocycles. The van der Waals surface area contributed by atoms with E-state index in [1.165, 1.54) is 12.1 Å². The molecule has 0 N–H and O–H groups in total. The smallest absolute Gasteiger partial charge is 0.123 e. The van der Waals surface area contributed by atoms with Gasteiger partial charge in [-0.25, -0.2) is 4.39 Å². The van der Waals surface area contributed by atoms with Crippen LogP contribution in [-0.4, -0.2) is 44.4 Å². The van der Waals surface area contributed by atoms with E-state index in [4.69, 9.17) is 9.47 Å². The maximum absolute atomic E-state index is 13.2. The molecule has 1 aliphatic rings. The average Bonchev–Trinajstić information content (AvgIpc) is 2.61. The van der Waals surface area contributed by atoms with E-state index in [1.807, 2.05) is 30.3 Å². The summed E-state index contributed by atoms with van der Waals surface area (Å²) in [6.07, 6.45) is -0.169. The van der Waals surface area contributed by atoms with Crippen molar-refractivity contribution in [1.29, 1.82) is 0 Å². The van der Waals surface area contributed by atoms with Crippen molar-refractivity contribution < 1.29 is 13.9 Å². The molecule has 2 aromatic rings. The Balaban J connectivity index is 1.66. The van der Waals surface area contributed by atoms with Gasteiger partial charge in [0.2, 0.25) is 0 Å². The number of morpholine rings is 1. The van der Waals surface area contributed by atoms with Gasteiger partial charge in [0.05, 0.1) is 19.8 Å². The summed E-state index contributed by atoms with van der Waals surface area (Å²) >= 11 is 0. The van der Waals surface area contributed by atoms with Gasteiger partial charge >= 0.3 is 0 Å². The van der Waals surface area contributed by atoms with Crippen LogP contribution in [0.4, 0.5) is 4.39 Å². The summed E-state index contributed by atoms with van der Waals surface area (Å²) in [5.41, 5.74) is 2.06. The maximum Gasteiger partial charge on any atom is 0.123 e. The predicted molar refractivity (Wildman–Crippen MR) is 87.9 cm³/mol. The van der Waals surface area contributed by atoms with Crippen LogP contribution >= 0.6 is 0 Å². The highest BCUT2D eigenvalue weighted by Crippen LogP contribution is 2.26. The van der Waals surface area contributed by atoms with Gasteiger partial charge in [-0.05, 0) is 23.3 Å². The van der Waals surface area contributed by atoms with E-state index in [0.717, 1.165) is 44.0 Å². The minimum atomic E-state index is -0.228. The normalized spacial score (nSPS) is 17.1. The highest BCUT2D eigenvalue weighted by molar-refractivity contribution is 5.30. The van der Waals surface area contributed by atoms with Crippen LogP contribution < -0.4 is 0 Å². The third-order valence-electron chi connectivity index (χ3n) is 4.07. The van der Waals surface area contributed by atoms with Crippen molar-refractivity contribution in [3.05, 3.63) is 71.5 Å². The lowest BCUT2D eigenvalue weighted by Gasteiger charge is -2.27. The van der Waals surface area contributed by atoms with Gasteiger partial charge in [-0.3, -0.25) is 4.90 Å². The molecule has 1 heterocycles. The van der Waals surface area contributed by atoms with Crippen molar-refractivity contribution >= 4 is 0 Å². The fourth-order valence-electron chi connectivity index (χ4n) is 2.77. The standard InChI is InChI=1S/C19H22FNO2/c20-18-8-6-17(7-9-18)19(16-4-2-1-3-5-16)23-15-12-21-10-13-22-14-11-21/h1-9,19H,10-15H2. The van der Waals surface area contributed by atoms with Crippen LogP contribution in [0.5, 0.6) is 0 Å². The number of halogens is 1. The van der Waals surface area contributed by atoms with Crippen molar-refractivity contribution in [2.75, 3.05) is 39.5 Å². The van der Waals surface area contributed by atoms with E-state index in [2.05, 4.69) is 4.90 Å². The molecule has 0 saturated carbocycles. The molecule has 23 heavy (non-hydrogen) atoms. The molecule has 1 unspecified atom stereocenters. The summed E-state index contributed by atoms with van der Waals surface area (Å²) in [7, 11) is 0. The van der Waals surface area contributed by atoms with Crippen molar-refractivity contribution in [1.82, 2.24) is 4.90 Å². The van der Waals surface area contributed by atoms with Gasteiger partial charge in [-0.1, -0.05) is 42.5 Å². The van der Waals surface area contributed by atoms with Gasteiger partial charge < -0.3 is 9.47 Å². The summed E-state index contributed by atoms with van der Waals surface area (Å²) in [4.78, 5) is 2.34. The molecule has 2 aromatic carbocycles.